The van der Waals surface area contributed by atoms with E-state index in [1.54, 1.807) is 31.3 Å². The molecule has 112 valence electrons. The molecule has 4 nitrogen and oxygen atoms in total. The largest absolute Gasteiger partial charge is 0.462 e. The van der Waals surface area contributed by atoms with Crippen molar-refractivity contribution in [2.75, 3.05) is 6.61 Å². The Hall–Kier alpha value is -2.69. The standard InChI is InChI=1S/C17H14FNO3/c1-2-22-17(21)15-13(14-4-3-7-19-14)8-10-5-6-11(18)9-12(10)16(15)20/h3-7,9,19H,2,8H2,1H3. The molecule has 22 heavy (non-hydrogen) atoms. The number of Topliss-reactive ketones (excluding diaryl/α,β-unsaturated/α-hetero) is 1. The molecule has 1 heterocycles. The number of aromatic nitrogens is 1. The smallest absolute Gasteiger partial charge is 0.342 e. The minimum absolute atomic E-state index is 0.0256. The number of fused-ring (bicyclic) bond motifs is 1. The van der Waals surface area contributed by atoms with Gasteiger partial charge in [0.05, 0.1) is 6.61 Å². The number of ether oxygens (including phenoxy) is 1. The molecule has 0 saturated heterocycles. The molecule has 1 aromatic carbocycles. The van der Waals surface area contributed by atoms with Crippen LogP contribution in [0.15, 0.2) is 42.1 Å². The van der Waals surface area contributed by atoms with E-state index in [9.17, 15) is 14.0 Å². The van der Waals surface area contributed by atoms with E-state index in [0.29, 0.717) is 23.3 Å². The van der Waals surface area contributed by atoms with Crippen molar-refractivity contribution in [3.63, 3.8) is 0 Å². The first-order valence-corrected chi connectivity index (χ1v) is 6.99. The number of benzene rings is 1. The van der Waals surface area contributed by atoms with Gasteiger partial charge in [0.2, 0.25) is 5.78 Å². The van der Waals surface area contributed by atoms with Gasteiger partial charge in [-0.1, -0.05) is 6.07 Å². The number of aromatic amines is 1. The lowest BCUT2D eigenvalue weighted by Crippen LogP contribution is -2.24. The molecule has 1 aliphatic rings. The monoisotopic (exact) mass is 299 g/mol. The van der Waals surface area contributed by atoms with Gasteiger partial charge in [0.1, 0.15) is 11.4 Å². The van der Waals surface area contributed by atoms with E-state index < -0.39 is 17.6 Å². The van der Waals surface area contributed by atoms with Gasteiger partial charge in [-0.25, -0.2) is 9.18 Å². The lowest BCUT2D eigenvalue weighted by molar-refractivity contribution is -0.138. The highest BCUT2D eigenvalue weighted by Crippen LogP contribution is 2.32. The quantitative estimate of drug-likeness (QED) is 0.700. The molecule has 0 spiro atoms. The molecule has 0 fully saturated rings. The second-order valence-electron chi connectivity index (χ2n) is 4.97. The Morgan fingerprint density at radius 2 is 2.18 bits per heavy atom. The number of allylic oxidation sites excluding steroid dienone is 1. The van der Waals surface area contributed by atoms with Gasteiger partial charge in [0.15, 0.2) is 0 Å². The van der Waals surface area contributed by atoms with Crippen LogP contribution in [0.4, 0.5) is 4.39 Å². The summed E-state index contributed by atoms with van der Waals surface area (Å²) in [4.78, 5) is 27.9. The van der Waals surface area contributed by atoms with Gasteiger partial charge >= 0.3 is 5.97 Å². The molecule has 1 N–H and O–H groups in total. The van der Waals surface area contributed by atoms with Crippen LogP contribution < -0.4 is 0 Å². The van der Waals surface area contributed by atoms with Crippen LogP contribution in [0.3, 0.4) is 0 Å². The van der Waals surface area contributed by atoms with E-state index >= 15 is 0 Å². The maximum absolute atomic E-state index is 13.4. The summed E-state index contributed by atoms with van der Waals surface area (Å²) < 4.78 is 18.4. The Labute approximate surface area is 126 Å². The molecule has 3 rings (SSSR count). The molecule has 1 aromatic heterocycles. The topological polar surface area (TPSA) is 59.2 Å². The van der Waals surface area contributed by atoms with Crippen molar-refractivity contribution < 1.29 is 18.7 Å². The Kier molecular flexibility index (Phi) is 3.63. The van der Waals surface area contributed by atoms with Crippen molar-refractivity contribution in [3.8, 4) is 0 Å². The highest BCUT2D eigenvalue weighted by Gasteiger charge is 2.32. The van der Waals surface area contributed by atoms with Crippen molar-refractivity contribution in [1.29, 1.82) is 0 Å². The van der Waals surface area contributed by atoms with Crippen LogP contribution in [0.1, 0.15) is 28.5 Å². The SMILES string of the molecule is CCOC(=O)C1=C(c2ccc[nH]2)Cc2ccc(F)cc2C1=O. The van der Waals surface area contributed by atoms with Gasteiger partial charge < -0.3 is 9.72 Å². The van der Waals surface area contributed by atoms with E-state index in [1.807, 2.05) is 0 Å². The molecular weight excluding hydrogens is 285 g/mol. The zero-order valence-corrected chi connectivity index (χ0v) is 12.0. The minimum Gasteiger partial charge on any atom is -0.462 e. The average Bonchev–Trinajstić information content (AvgIpc) is 3.02. The predicted molar refractivity (Wildman–Crippen MR) is 78.8 cm³/mol. The molecule has 5 heteroatoms. The number of halogens is 1. The van der Waals surface area contributed by atoms with Crippen molar-refractivity contribution in [2.24, 2.45) is 0 Å². The zero-order chi connectivity index (χ0) is 15.7. The summed E-state index contributed by atoms with van der Waals surface area (Å²) in [6, 6.07) is 7.63. The lowest BCUT2D eigenvalue weighted by Gasteiger charge is -2.20. The second-order valence-corrected chi connectivity index (χ2v) is 4.97. The lowest BCUT2D eigenvalue weighted by atomic mass is 9.83. The highest BCUT2D eigenvalue weighted by molar-refractivity contribution is 6.30. The van der Waals surface area contributed by atoms with Gasteiger partial charge in [-0.15, -0.1) is 0 Å². The Morgan fingerprint density at radius 3 is 2.86 bits per heavy atom. The summed E-state index contributed by atoms with van der Waals surface area (Å²) in [7, 11) is 0. The minimum atomic E-state index is -0.674. The fraction of sp³-hybridized carbons (Fsp3) is 0.176. The van der Waals surface area contributed by atoms with Crippen molar-refractivity contribution in [1.82, 2.24) is 4.98 Å². The first kappa shape index (κ1) is 14.3. The van der Waals surface area contributed by atoms with Gasteiger partial charge in [-0.2, -0.15) is 0 Å². The molecule has 0 bridgehead atoms. The Morgan fingerprint density at radius 1 is 1.36 bits per heavy atom. The summed E-state index contributed by atoms with van der Waals surface area (Å²) in [5.41, 5.74) is 2.16. The molecule has 2 aromatic rings. The normalized spacial score (nSPS) is 14.0. The number of hydrogen-bond acceptors (Lipinski definition) is 3. The van der Waals surface area contributed by atoms with E-state index in [4.69, 9.17) is 4.74 Å². The number of carbonyl (C=O) groups is 2. The third-order valence-corrected chi connectivity index (χ3v) is 3.62. The third-order valence-electron chi connectivity index (χ3n) is 3.62. The van der Waals surface area contributed by atoms with Crippen molar-refractivity contribution >= 4 is 17.3 Å². The number of nitrogens with one attached hydrogen (secondary N) is 1. The summed E-state index contributed by atoms with van der Waals surface area (Å²) in [5.74, 6) is -1.67. The van der Waals surface area contributed by atoms with E-state index in [2.05, 4.69) is 4.98 Å². The van der Waals surface area contributed by atoms with E-state index in [1.165, 1.54) is 12.1 Å². The van der Waals surface area contributed by atoms with Crippen LogP contribution in [0, 0.1) is 5.82 Å². The molecule has 0 amide bonds. The third kappa shape index (κ3) is 2.35. The molecule has 0 saturated carbocycles. The van der Waals surface area contributed by atoms with Crippen LogP contribution in [-0.2, 0) is 16.0 Å². The van der Waals surface area contributed by atoms with Crippen molar-refractivity contribution in [3.05, 3.63) is 64.7 Å². The highest BCUT2D eigenvalue weighted by atomic mass is 19.1. The van der Waals surface area contributed by atoms with Crippen LogP contribution in [0.2, 0.25) is 0 Å². The molecule has 0 radical (unpaired) electrons. The predicted octanol–water partition coefficient (Wildman–Crippen LogP) is 2.91. The molecule has 0 atom stereocenters. The van der Waals surface area contributed by atoms with Crippen LogP contribution in [-0.4, -0.2) is 23.3 Å². The molecular formula is C17H14FNO3. The number of carbonyl (C=O) groups excluding carboxylic acids is 2. The number of rotatable bonds is 3. The number of ketones is 1. The van der Waals surface area contributed by atoms with Gasteiger partial charge in [0.25, 0.3) is 0 Å². The van der Waals surface area contributed by atoms with Crippen LogP contribution >= 0.6 is 0 Å². The molecule has 0 aliphatic heterocycles. The maximum atomic E-state index is 13.4. The second kappa shape index (κ2) is 5.60. The number of hydrogen-bond donors (Lipinski definition) is 1. The van der Waals surface area contributed by atoms with Gasteiger partial charge in [-0.05, 0) is 42.3 Å². The summed E-state index contributed by atoms with van der Waals surface area (Å²) in [5, 5.41) is 0. The summed E-state index contributed by atoms with van der Waals surface area (Å²) in [6.07, 6.45) is 2.09. The van der Waals surface area contributed by atoms with E-state index in [0.717, 1.165) is 0 Å². The Bertz CT molecular complexity index is 775. The van der Waals surface area contributed by atoms with E-state index in [-0.39, 0.29) is 17.7 Å². The Balaban J connectivity index is 2.17. The fourth-order valence-corrected chi connectivity index (χ4v) is 2.63. The van der Waals surface area contributed by atoms with Crippen LogP contribution in [0.5, 0.6) is 0 Å². The molecule has 1 aliphatic carbocycles. The summed E-state index contributed by atoms with van der Waals surface area (Å²) >= 11 is 0. The number of esters is 1. The maximum Gasteiger partial charge on any atom is 0.342 e. The average molecular weight is 299 g/mol. The fourth-order valence-electron chi connectivity index (χ4n) is 2.63. The van der Waals surface area contributed by atoms with Gasteiger partial charge in [0, 0.05) is 23.9 Å². The zero-order valence-electron chi connectivity index (χ0n) is 12.0. The van der Waals surface area contributed by atoms with Gasteiger partial charge in [-0.3, -0.25) is 4.79 Å². The first-order chi connectivity index (χ1) is 10.6. The van der Waals surface area contributed by atoms with Crippen LogP contribution in [0.25, 0.3) is 5.57 Å². The van der Waals surface area contributed by atoms with Crippen molar-refractivity contribution in [2.45, 2.75) is 13.3 Å². The number of H-pyrrole nitrogens is 1. The molecule has 0 unspecified atom stereocenters. The first-order valence-electron chi connectivity index (χ1n) is 6.99. The summed E-state index contributed by atoms with van der Waals surface area (Å²) in [6.45, 7) is 1.84.